The van der Waals surface area contributed by atoms with Crippen LogP contribution in [0.5, 0.6) is 0 Å². The summed E-state index contributed by atoms with van der Waals surface area (Å²) >= 11 is 0. The third-order valence-corrected chi connectivity index (χ3v) is 6.96. The van der Waals surface area contributed by atoms with Gasteiger partial charge in [-0.25, -0.2) is 14.4 Å². The van der Waals surface area contributed by atoms with E-state index in [0.717, 1.165) is 0 Å². The number of nitrogens with two attached hydrogens (primary N) is 1. The fourth-order valence-corrected chi connectivity index (χ4v) is 4.15. The van der Waals surface area contributed by atoms with Crippen LogP contribution in [0.25, 0.3) is 0 Å². The average molecular weight is 675 g/mol. The van der Waals surface area contributed by atoms with Gasteiger partial charge in [0, 0.05) is 32.2 Å². The molecule has 0 radical (unpaired) electrons. The highest BCUT2D eigenvalue weighted by Crippen LogP contribution is 2.06. The first-order valence-corrected chi connectivity index (χ1v) is 15.0. The topological polar surface area (TPSA) is 321 Å². The van der Waals surface area contributed by atoms with E-state index in [9.17, 15) is 58.5 Å². The van der Waals surface area contributed by atoms with Crippen LogP contribution in [0.15, 0.2) is 0 Å². The Morgan fingerprint density at radius 1 is 0.532 bits per heavy atom. The van der Waals surface area contributed by atoms with Gasteiger partial charge < -0.3 is 52.7 Å². The minimum absolute atomic E-state index is 0.00687. The van der Waals surface area contributed by atoms with Crippen molar-refractivity contribution in [3.8, 4) is 0 Å². The number of Topliss-reactive ketones (excluding diaryl/α,β-unsaturated/α-hetero) is 1. The molecule has 0 unspecified atom stereocenters. The Labute approximate surface area is 270 Å². The Morgan fingerprint density at radius 2 is 0.915 bits per heavy atom. The number of ketones is 1. The maximum absolute atomic E-state index is 12.4. The van der Waals surface area contributed by atoms with Crippen molar-refractivity contribution in [3.63, 3.8) is 0 Å². The van der Waals surface area contributed by atoms with Crippen LogP contribution in [-0.2, 0) is 43.2 Å². The van der Waals surface area contributed by atoms with Crippen molar-refractivity contribution < 1.29 is 63.6 Å². The van der Waals surface area contributed by atoms with Crippen LogP contribution in [0.4, 0.5) is 0 Å². The maximum Gasteiger partial charge on any atom is 0.326 e. The number of hydrogen-bond donors (Lipinski definition) is 10. The summed E-state index contributed by atoms with van der Waals surface area (Å²) in [7, 11) is 1.68. The van der Waals surface area contributed by atoms with Gasteiger partial charge in [0.05, 0.1) is 6.04 Å². The Hall–Kier alpha value is -4.65. The molecule has 0 saturated heterocycles. The van der Waals surface area contributed by atoms with Crippen molar-refractivity contribution >= 4 is 53.3 Å². The highest BCUT2D eigenvalue weighted by molar-refractivity contribution is 5.87. The first-order chi connectivity index (χ1) is 22.0. The minimum Gasteiger partial charge on any atom is -0.480 e. The van der Waals surface area contributed by atoms with Crippen LogP contribution in [-0.4, -0.2) is 118 Å². The molecule has 0 aromatic heterocycles. The fraction of sp³-hybridized carbons (Fsp3) is 0.679. The largest absolute Gasteiger partial charge is 0.480 e. The molecule has 11 N–H and O–H groups in total. The van der Waals surface area contributed by atoms with Gasteiger partial charge in [-0.1, -0.05) is 0 Å². The number of aliphatic carboxylic acids is 4. The van der Waals surface area contributed by atoms with Crippen LogP contribution < -0.4 is 32.3 Å². The first-order valence-electron chi connectivity index (χ1n) is 15.0. The lowest BCUT2D eigenvalue weighted by Gasteiger charge is -2.18. The van der Waals surface area contributed by atoms with Crippen molar-refractivity contribution in [1.29, 1.82) is 0 Å². The third-order valence-electron chi connectivity index (χ3n) is 6.96. The molecule has 0 aromatic carbocycles. The average Bonchev–Trinajstić information content (AvgIpc) is 2.98. The molecule has 0 rings (SSSR count). The van der Waals surface area contributed by atoms with Gasteiger partial charge >= 0.3 is 23.9 Å². The molecule has 0 aromatic rings. The predicted octanol–water partition coefficient (Wildman–Crippen LogP) is -2.31. The Morgan fingerprint density at radius 3 is 1.26 bits per heavy atom. The quantitative estimate of drug-likeness (QED) is 0.0431. The first kappa shape index (κ1) is 42.3. The predicted molar refractivity (Wildman–Crippen MR) is 162 cm³/mol. The number of likely N-dealkylation sites (N-methyl/N-ethyl adjacent to an activating group) is 1. The molecule has 0 aliphatic rings. The van der Waals surface area contributed by atoms with E-state index in [1.54, 1.807) is 7.05 Å². The van der Waals surface area contributed by atoms with Crippen LogP contribution in [0.1, 0.15) is 77.6 Å². The highest BCUT2D eigenvalue weighted by Gasteiger charge is 2.26. The van der Waals surface area contributed by atoms with Crippen LogP contribution in [0.2, 0.25) is 0 Å². The number of carboxylic acid groups (broad SMARTS) is 4. The monoisotopic (exact) mass is 674 g/mol. The number of amides is 4. The summed E-state index contributed by atoms with van der Waals surface area (Å²) in [6.07, 6.45) is -1.15. The molecular formula is C28H46N6O13. The molecule has 47 heavy (non-hydrogen) atoms. The second-order valence-corrected chi connectivity index (χ2v) is 10.8. The summed E-state index contributed by atoms with van der Waals surface area (Å²) in [5.74, 6) is -8.76. The summed E-state index contributed by atoms with van der Waals surface area (Å²) in [4.78, 5) is 106. The van der Waals surface area contributed by atoms with Crippen LogP contribution in [0, 0.1) is 0 Å². The molecule has 19 heteroatoms. The van der Waals surface area contributed by atoms with Gasteiger partial charge in [-0.05, 0) is 58.9 Å². The number of nitrogens with one attached hydrogen (secondary N) is 5. The Kier molecular flexibility index (Phi) is 20.5. The van der Waals surface area contributed by atoms with Crippen LogP contribution in [0.3, 0.4) is 0 Å². The third kappa shape index (κ3) is 19.5. The van der Waals surface area contributed by atoms with Crippen LogP contribution >= 0.6 is 0 Å². The lowest BCUT2D eigenvalue weighted by Crippen LogP contribution is -2.45. The van der Waals surface area contributed by atoms with Crippen molar-refractivity contribution in [3.05, 3.63) is 0 Å². The van der Waals surface area contributed by atoms with E-state index in [4.69, 9.17) is 10.8 Å². The fourth-order valence-electron chi connectivity index (χ4n) is 4.15. The van der Waals surface area contributed by atoms with E-state index >= 15 is 0 Å². The molecule has 19 nitrogen and oxygen atoms in total. The van der Waals surface area contributed by atoms with Gasteiger partial charge in [-0.2, -0.15) is 0 Å². The Balaban J connectivity index is 4.71. The summed E-state index contributed by atoms with van der Waals surface area (Å²) in [6, 6.07) is -6.17. The zero-order chi connectivity index (χ0) is 36.1. The molecule has 0 heterocycles. The van der Waals surface area contributed by atoms with Gasteiger partial charge in [0.2, 0.25) is 23.6 Å². The van der Waals surface area contributed by atoms with Crippen molar-refractivity contribution in [2.24, 2.45) is 5.73 Å². The summed E-state index contributed by atoms with van der Waals surface area (Å²) in [5, 5.41) is 48.9. The molecule has 0 aliphatic carbocycles. The number of carboxylic acids is 4. The van der Waals surface area contributed by atoms with E-state index in [0.29, 0.717) is 25.8 Å². The van der Waals surface area contributed by atoms with Gasteiger partial charge in [-0.3, -0.25) is 28.8 Å². The normalized spacial score (nSPS) is 13.9. The molecule has 266 valence electrons. The zero-order valence-electron chi connectivity index (χ0n) is 26.4. The van der Waals surface area contributed by atoms with Gasteiger partial charge in [0.1, 0.15) is 30.0 Å². The van der Waals surface area contributed by atoms with E-state index in [-0.39, 0.29) is 37.5 Å². The number of carbonyl (C=O) groups excluding carboxylic acids is 5. The van der Waals surface area contributed by atoms with Gasteiger partial charge in [0.15, 0.2) is 0 Å². The summed E-state index contributed by atoms with van der Waals surface area (Å²) in [6.45, 7) is 1.79. The summed E-state index contributed by atoms with van der Waals surface area (Å²) in [5.41, 5.74) is 5.30. The van der Waals surface area contributed by atoms with Gasteiger partial charge in [-0.15, -0.1) is 0 Å². The van der Waals surface area contributed by atoms with E-state index in [1.165, 1.54) is 6.92 Å². The number of hydrogen-bond acceptors (Lipinski definition) is 11. The zero-order valence-corrected chi connectivity index (χ0v) is 26.4. The molecule has 0 aliphatic heterocycles. The number of carbonyl (C=O) groups is 9. The van der Waals surface area contributed by atoms with E-state index in [2.05, 4.69) is 26.6 Å². The molecular weight excluding hydrogens is 628 g/mol. The highest BCUT2D eigenvalue weighted by atomic mass is 16.4. The molecule has 0 spiro atoms. The van der Waals surface area contributed by atoms with E-state index < -0.39 is 97.4 Å². The van der Waals surface area contributed by atoms with Gasteiger partial charge in [0.25, 0.3) is 0 Å². The minimum atomic E-state index is -1.59. The molecule has 5 atom stereocenters. The maximum atomic E-state index is 12.4. The lowest BCUT2D eigenvalue weighted by molar-refractivity contribution is -0.144. The summed E-state index contributed by atoms with van der Waals surface area (Å²) < 4.78 is 0. The second-order valence-electron chi connectivity index (χ2n) is 10.8. The van der Waals surface area contributed by atoms with Crippen molar-refractivity contribution in [1.82, 2.24) is 26.6 Å². The molecule has 0 fully saturated rings. The molecule has 4 amide bonds. The molecule has 0 saturated carbocycles. The smallest absolute Gasteiger partial charge is 0.326 e. The Bertz CT molecular complexity index is 1130. The van der Waals surface area contributed by atoms with Crippen molar-refractivity contribution in [2.45, 2.75) is 108 Å². The van der Waals surface area contributed by atoms with Crippen molar-refractivity contribution in [2.75, 3.05) is 13.6 Å². The number of unbranched alkanes of at least 4 members (excludes halogenated alkanes) is 1. The SMILES string of the molecule is CN[C@@H](CCCCNC(=O)CC[C@H](NC(=O)CC[C@H](NC(=O)CC[C@H](NC(=O)CC[C@H](N)C(=O)O)C(=O)O)C(=O)O)C(=O)O)C(C)=O. The lowest BCUT2D eigenvalue weighted by atomic mass is 10.1. The second kappa shape index (κ2) is 22.8. The standard InChI is InChI=1S/C28H46N6O13/c1-15(35)17(30-2)5-3-4-14-31-21(36)11-7-18(26(42)43)33-23(38)13-9-20(28(46)47)34-24(39)12-8-19(27(44)45)32-22(37)10-6-16(29)25(40)41/h16-20,30H,3-14,29H2,1-2H3,(H,31,36)(H,32,37)(H,33,38)(H,34,39)(H,40,41)(H,42,43)(H,44,45)(H,46,47)/t16-,17-,18-,19-,20-/m0/s1. The number of rotatable bonds is 26. The van der Waals surface area contributed by atoms with E-state index in [1.807, 2.05) is 0 Å². The molecule has 0 bridgehead atoms.